The molecule has 2 N–H and O–H groups in total. The molecule has 104 valence electrons. The summed E-state index contributed by atoms with van der Waals surface area (Å²) in [6.07, 6.45) is 1.41. The molecule has 0 aliphatic heterocycles. The highest BCUT2D eigenvalue weighted by Crippen LogP contribution is 2.21. The normalized spacial score (nSPS) is 10.4. The summed E-state index contributed by atoms with van der Waals surface area (Å²) < 4.78 is 13.6. The molecule has 0 bridgehead atoms. The number of hydrogen-bond donors (Lipinski definition) is 2. The van der Waals surface area contributed by atoms with Gasteiger partial charge >= 0.3 is 0 Å². The zero-order valence-corrected chi connectivity index (χ0v) is 11.4. The lowest BCUT2D eigenvalue weighted by atomic mass is 10.0. The van der Waals surface area contributed by atoms with Crippen molar-refractivity contribution in [2.45, 2.75) is 33.6 Å². The van der Waals surface area contributed by atoms with Crippen LogP contribution in [0.25, 0.3) is 0 Å². The van der Waals surface area contributed by atoms with Crippen molar-refractivity contribution < 1.29 is 14.0 Å². The minimum absolute atomic E-state index is 0.0863. The molecule has 0 radical (unpaired) electrons. The Morgan fingerprint density at radius 2 is 1.84 bits per heavy atom. The molecule has 4 nitrogen and oxygen atoms in total. The summed E-state index contributed by atoms with van der Waals surface area (Å²) in [5.41, 5.74) is 0.539. The third-order valence-electron chi connectivity index (χ3n) is 2.90. The van der Waals surface area contributed by atoms with Crippen LogP contribution in [0.5, 0.6) is 0 Å². The topological polar surface area (TPSA) is 58.2 Å². The van der Waals surface area contributed by atoms with Crippen LogP contribution >= 0.6 is 0 Å². The van der Waals surface area contributed by atoms with Crippen molar-refractivity contribution in [2.75, 3.05) is 10.6 Å². The van der Waals surface area contributed by atoms with Crippen LogP contribution in [0.1, 0.15) is 33.6 Å². The van der Waals surface area contributed by atoms with Crippen LogP contribution in [0.2, 0.25) is 0 Å². The quantitative estimate of drug-likeness (QED) is 0.860. The van der Waals surface area contributed by atoms with Gasteiger partial charge in [-0.3, -0.25) is 9.59 Å². The number of benzene rings is 1. The lowest BCUT2D eigenvalue weighted by Crippen LogP contribution is -2.22. The zero-order valence-electron chi connectivity index (χ0n) is 11.4. The minimum atomic E-state index is -0.520. The Bertz CT molecular complexity index is 471. The molecule has 0 aliphatic rings. The van der Waals surface area contributed by atoms with Crippen LogP contribution in [0.3, 0.4) is 0 Å². The standard InChI is InChI=1S/C14H19FN2O2/c1-4-10(5-2)14(19)17-13-8-11(16-9(3)18)6-7-12(13)15/h6-8,10H,4-5H2,1-3H3,(H,16,18)(H,17,19). The van der Waals surface area contributed by atoms with E-state index in [4.69, 9.17) is 0 Å². The van der Waals surface area contributed by atoms with Crippen LogP contribution < -0.4 is 10.6 Å². The molecule has 0 fully saturated rings. The Morgan fingerprint density at radius 1 is 1.21 bits per heavy atom. The number of halogens is 1. The van der Waals surface area contributed by atoms with Crippen molar-refractivity contribution in [1.29, 1.82) is 0 Å². The fourth-order valence-corrected chi connectivity index (χ4v) is 1.80. The summed E-state index contributed by atoms with van der Waals surface area (Å²) >= 11 is 0. The zero-order chi connectivity index (χ0) is 14.4. The van der Waals surface area contributed by atoms with Crippen molar-refractivity contribution in [1.82, 2.24) is 0 Å². The van der Waals surface area contributed by atoms with Crippen molar-refractivity contribution in [3.63, 3.8) is 0 Å². The number of anilines is 2. The average Bonchev–Trinajstić information content (AvgIpc) is 2.34. The second-order valence-corrected chi connectivity index (χ2v) is 4.38. The van der Waals surface area contributed by atoms with E-state index >= 15 is 0 Å². The molecule has 0 saturated carbocycles. The summed E-state index contributed by atoms with van der Waals surface area (Å²) in [4.78, 5) is 22.8. The SMILES string of the molecule is CCC(CC)C(=O)Nc1cc(NC(C)=O)ccc1F. The Balaban J connectivity index is 2.87. The van der Waals surface area contributed by atoms with E-state index in [-0.39, 0.29) is 23.4 Å². The van der Waals surface area contributed by atoms with Gasteiger partial charge in [-0.25, -0.2) is 4.39 Å². The van der Waals surface area contributed by atoms with Crippen molar-refractivity contribution >= 4 is 23.2 Å². The molecule has 0 atom stereocenters. The number of carbonyl (C=O) groups excluding carboxylic acids is 2. The van der Waals surface area contributed by atoms with Gasteiger partial charge in [0.2, 0.25) is 11.8 Å². The molecular formula is C14H19FN2O2. The molecule has 0 aromatic heterocycles. The highest BCUT2D eigenvalue weighted by atomic mass is 19.1. The molecule has 0 heterocycles. The lowest BCUT2D eigenvalue weighted by molar-refractivity contribution is -0.120. The molecule has 1 aromatic carbocycles. The van der Waals surface area contributed by atoms with Gasteiger partial charge in [0.05, 0.1) is 5.69 Å². The molecule has 1 aromatic rings. The second kappa shape index (κ2) is 6.87. The van der Waals surface area contributed by atoms with Crippen LogP contribution in [0.4, 0.5) is 15.8 Å². The second-order valence-electron chi connectivity index (χ2n) is 4.38. The van der Waals surface area contributed by atoms with Gasteiger partial charge in [0.1, 0.15) is 5.82 Å². The highest BCUT2D eigenvalue weighted by Gasteiger charge is 2.16. The summed E-state index contributed by atoms with van der Waals surface area (Å²) in [6.45, 7) is 5.20. The van der Waals surface area contributed by atoms with Crippen LogP contribution in [0, 0.1) is 11.7 Å². The lowest BCUT2D eigenvalue weighted by Gasteiger charge is -2.14. The molecule has 2 amide bonds. The smallest absolute Gasteiger partial charge is 0.227 e. The third-order valence-corrected chi connectivity index (χ3v) is 2.90. The van der Waals surface area contributed by atoms with Gasteiger partial charge in [-0.05, 0) is 31.0 Å². The molecule has 19 heavy (non-hydrogen) atoms. The number of hydrogen-bond acceptors (Lipinski definition) is 2. The fraction of sp³-hybridized carbons (Fsp3) is 0.429. The van der Waals surface area contributed by atoms with E-state index in [1.807, 2.05) is 13.8 Å². The van der Waals surface area contributed by atoms with Crippen LogP contribution in [0.15, 0.2) is 18.2 Å². The predicted molar refractivity (Wildman–Crippen MR) is 73.4 cm³/mol. The maximum absolute atomic E-state index is 13.6. The van der Waals surface area contributed by atoms with Crippen molar-refractivity contribution in [2.24, 2.45) is 5.92 Å². The van der Waals surface area contributed by atoms with Gasteiger partial charge in [-0.15, -0.1) is 0 Å². The van der Waals surface area contributed by atoms with Crippen LogP contribution in [-0.2, 0) is 9.59 Å². The molecule has 0 unspecified atom stereocenters. The Kier molecular flexibility index (Phi) is 5.48. The fourth-order valence-electron chi connectivity index (χ4n) is 1.80. The summed E-state index contributed by atoms with van der Waals surface area (Å²) in [5, 5.41) is 5.11. The van der Waals surface area contributed by atoms with E-state index in [0.29, 0.717) is 18.5 Å². The van der Waals surface area contributed by atoms with E-state index in [1.54, 1.807) is 0 Å². The van der Waals surface area contributed by atoms with E-state index in [9.17, 15) is 14.0 Å². The number of amides is 2. The van der Waals surface area contributed by atoms with E-state index in [1.165, 1.54) is 25.1 Å². The van der Waals surface area contributed by atoms with E-state index < -0.39 is 5.82 Å². The summed E-state index contributed by atoms with van der Waals surface area (Å²) in [7, 11) is 0. The molecule has 0 spiro atoms. The van der Waals surface area contributed by atoms with Gasteiger partial charge in [0.15, 0.2) is 0 Å². The molecule has 5 heteroatoms. The maximum atomic E-state index is 13.6. The van der Waals surface area contributed by atoms with E-state index in [2.05, 4.69) is 10.6 Å². The first-order valence-corrected chi connectivity index (χ1v) is 6.35. The molecule has 0 aliphatic carbocycles. The first-order valence-electron chi connectivity index (χ1n) is 6.35. The maximum Gasteiger partial charge on any atom is 0.227 e. The average molecular weight is 266 g/mol. The van der Waals surface area contributed by atoms with E-state index in [0.717, 1.165) is 0 Å². The van der Waals surface area contributed by atoms with Gasteiger partial charge in [-0.1, -0.05) is 13.8 Å². The Hall–Kier alpha value is -1.91. The number of nitrogens with one attached hydrogen (secondary N) is 2. The van der Waals surface area contributed by atoms with Gasteiger partial charge in [-0.2, -0.15) is 0 Å². The largest absolute Gasteiger partial charge is 0.326 e. The predicted octanol–water partition coefficient (Wildman–Crippen LogP) is 3.16. The van der Waals surface area contributed by atoms with Gasteiger partial charge < -0.3 is 10.6 Å². The first-order chi connectivity index (χ1) is 8.97. The van der Waals surface area contributed by atoms with Crippen LogP contribution in [-0.4, -0.2) is 11.8 Å². The summed E-state index contributed by atoms with van der Waals surface area (Å²) in [6, 6.07) is 4.08. The molecular weight excluding hydrogens is 247 g/mol. The monoisotopic (exact) mass is 266 g/mol. The highest BCUT2D eigenvalue weighted by molar-refractivity contribution is 5.94. The Labute approximate surface area is 112 Å². The van der Waals surface area contributed by atoms with Crippen molar-refractivity contribution in [3.8, 4) is 0 Å². The third kappa shape index (κ3) is 4.35. The first kappa shape index (κ1) is 15.1. The van der Waals surface area contributed by atoms with Gasteiger partial charge in [0, 0.05) is 18.5 Å². The van der Waals surface area contributed by atoms with Gasteiger partial charge in [0.25, 0.3) is 0 Å². The number of carbonyl (C=O) groups is 2. The Morgan fingerprint density at radius 3 is 2.37 bits per heavy atom. The summed E-state index contributed by atoms with van der Waals surface area (Å²) in [5.74, 6) is -1.11. The minimum Gasteiger partial charge on any atom is -0.326 e. The van der Waals surface area contributed by atoms with Crippen molar-refractivity contribution in [3.05, 3.63) is 24.0 Å². The number of rotatable bonds is 5. The molecule has 1 rings (SSSR count). The molecule has 0 saturated heterocycles.